The predicted octanol–water partition coefficient (Wildman–Crippen LogP) is 2.57. The monoisotopic (exact) mass is 338 g/mol. The van der Waals surface area contributed by atoms with Crippen molar-refractivity contribution in [2.24, 2.45) is 0 Å². The summed E-state index contributed by atoms with van der Waals surface area (Å²) in [6, 6.07) is 27.8. The quantitative estimate of drug-likeness (QED) is 0.528. The Hall–Kier alpha value is -2.15. The van der Waals surface area contributed by atoms with Crippen LogP contribution in [0.5, 0.6) is 0 Å². The fourth-order valence-electron chi connectivity index (χ4n) is 2.08. The third-order valence-electron chi connectivity index (χ3n) is 3.11. The van der Waals surface area contributed by atoms with Gasteiger partial charge < -0.3 is 0 Å². The summed E-state index contributed by atoms with van der Waals surface area (Å²) >= 11 is 0.230. The average Bonchev–Trinajstić information content (AvgIpc) is 2.56. The zero-order valence-electron chi connectivity index (χ0n) is 11.4. The van der Waals surface area contributed by atoms with Gasteiger partial charge in [0.05, 0.1) is 0 Å². The van der Waals surface area contributed by atoms with Gasteiger partial charge in [-0.15, -0.1) is 0 Å². The first-order chi connectivity index (χ1) is 10.3. The summed E-state index contributed by atoms with van der Waals surface area (Å²) in [4.78, 5) is 12.5. The molecule has 0 amide bonds. The summed E-state index contributed by atoms with van der Waals surface area (Å²) < 4.78 is 2.53. The molecule has 0 aromatic heterocycles. The van der Waals surface area contributed by atoms with E-state index in [1.54, 1.807) is 0 Å². The van der Waals surface area contributed by atoms with Gasteiger partial charge >= 0.3 is 131 Å². The number of carbonyl (C=O) groups excluding carboxylic acids is 1. The molecule has 0 aliphatic rings. The first-order valence-electron chi connectivity index (χ1n) is 6.76. The Morgan fingerprint density at radius 2 is 1.19 bits per heavy atom. The predicted molar refractivity (Wildman–Crippen MR) is 87.8 cm³/mol. The molecule has 0 saturated heterocycles. The zero-order valence-corrected chi connectivity index (χ0v) is 13.1. The van der Waals surface area contributed by atoms with E-state index in [4.69, 9.17) is 0 Å². The van der Waals surface area contributed by atoms with Gasteiger partial charge in [0.25, 0.3) is 0 Å². The molecule has 0 fully saturated rings. The Morgan fingerprint density at radius 1 is 0.619 bits per heavy atom. The van der Waals surface area contributed by atoms with E-state index >= 15 is 0 Å². The van der Waals surface area contributed by atoms with Crippen LogP contribution in [0.1, 0.15) is 15.9 Å². The van der Waals surface area contributed by atoms with Crippen molar-refractivity contribution in [3.05, 3.63) is 96.1 Å². The van der Waals surface area contributed by atoms with Crippen LogP contribution in [0.4, 0.5) is 0 Å². The Balaban J connectivity index is 1.85. The molecule has 0 saturated carbocycles. The Kier molecular flexibility index (Phi) is 4.30. The summed E-state index contributed by atoms with van der Waals surface area (Å²) in [7, 11) is 0. The van der Waals surface area contributed by atoms with Gasteiger partial charge in [-0.2, -0.15) is 0 Å². The van der Waals surface area contributed by atoms with Crippen LogP contribution in [-0.2, 0) is 0 Å². The third-order valence-corrected chi connectivity index (χ3v) is 5.20. The van der Waals surface area contributed by atoms with E-state index in [9.17, 15) is 4.79 Å². The molecule has 102 valence electrons. The third kappa shape index (κ3) is 3.49. The van der Waals surface area contributed by atoms with Crippen molar-refractivity contribution in [2.45, 2.75) is 0 Å². The summed E-state index contributed by atoms with van der Waals surface area (Å²) in [5.41, 5.74) is 1.50. The molecule has 3 aromatic rings. The second-order valence-electron chi connectivity index (χ2n) is 4.64. The minimum absolute atomic E-state index is 0.0845. The number of hydrogen-bond donors (Lipinski definition) is 0. The molecular weight excluding hydrogens is 323 g/mol. The van der Waals surface area contributed by atoms with Gasteiger partial charge in [-0.05, 0) is 0 Å². The van der Waals surface area contributed by atoms with E-state index < -0.39 is 0 Å². The van der Waals surface area contributed by atoms with Gasteiger partial charge in [-0.1, -0.05) is 0 Å². The van der Waals surface area contributed by atoms with E-state index in [1.165, 1.54) is 8.92 Å². The van der Waals surface area contributed by atoms with Crippen LogP contribution in [0.25, 0.3) is 0 Å². The van der Waals surface area contributed by atoms with Crippen molar-refractivity contribution in [3.63, 3.8) is 0 Å². The van der Waals surface area contributed by atoms with Gasteiger partial charge in [0.2, 0.25) is 0 Å². The summed E-state index contributed by atoms with van der Waals surface area (Å²) in [5, 5.41) is 0. The van der Waals surface area contributed by atoms with Crippen LogP contribution in [0.15, 0.2) is 84.9 Å². The van der Waals surface area contributed by atoms with Gasteiger partial charge in [-0.25, -0.2) is 0 Å². The van der Waals surface area contributed by atoms with Crippen molar-refractivity contribution in [1.82, 2.24) is 0 Å². The molecule has 3 aromatic carbocycles. The Bertz CT molecular complexity index is 736. The second-order valence-corrected chi connectivity index (χ2v) is 7.04. The van der Waals surface area contributed by atoms with Crippen LogP contribution >= 0.6 is 0 Å². The number of carbonyl (C=O) groups is 1. The van der Waals surface area contributed by atoms with E-state index in [-0.39, 0.29) is 20.7 Å². The molecule has 0 aliphatic heterocycles. The molecule has 0 spiro atoms. The molecule has 3 rings (SSSR count). The van der Waals surface area contributed by atoms with Gasteiger partial charge in [0.1, 0.15) is 0 Å². The van der Waals surface area contributed by atoms with Gasteiger partial charge in [0.15, 0.2) is 0 Å². The molecule has 0 N–H and O–H groups in total. The van der Waals surface area contributed by atoms with Gasteiger partial charge in [-0.3, -0.25) is 0 Å². The molecule has 0 heterocycles. The summed E-state index contributed by atoms with van der Waals surface area (Å²) in [6.45, 7) is 0. The van der Waals surface area contributed by atoms with Gasteiger partial charge in [0, 0.05) is 0 Å². The Morgan fingerprint density at radius 3 is 1.90 bits per heavy atom. The van der Waals surface area contributed by atoms with Crippen molar-refractivity contribution < 1.29 is 4.79 Å². The summed E-state index contributed by atoms with van der Waals surface area (Å²) in [6.07, 6.45) is 0. The molecule has 0 atom stereocenters. The van der Waals surface area contributed by atoms with Crippen LogP contribution < -0.4 is 8.92 Å². The fourth-order valence-corrected chi connectivity index (χ4v) is 3.97. The zero-order chi connectivity index (χ0) is 14.5. The number of benzene rings is 3. The first-order valence-corrected chi connectivity index (χ1v) is 8.47. The van der Waals surface area contributed by atoms with Crippen LogP contribution in [0.3, 0.4) is 0 Å². The molecule has 0 radical (unpaired) electrons. The average molecular weight is 337 g/mol. The standard InChI is InChI=1S/C19H14OSe/c20-19(15-8-3-1-4-9-15)16-10-7-13-18(14-16)21-17-11-5-2-6-12-17/h1-14H. The second kappa shape index (κ2) is 6.53. The maximum absolute atomic E-state index is 12.5. The van der Waals surface area contributed by atoms with Crippen molar-refractivity contribution in [1.29, 1.82) is 0 Å². The summed E-state index contributed by atoms with van der Waals surface area (Å²) in [5.74, 6) is 0.0845. The van der Waals surface area contributed by atoms with E-state index in [1.807, 2.05) is 54.6 Å². The molecule has 0 bridgehead atoms. The van der Waals surface area contributed by atoms with Crippen LogP contribution in [0.2, 0.25) is 0 Å². The van der Waals surface area contributed by atoms with E-state index in [0.29, 0.717) is 0 Å². The SMILES string of the molecule is O=C(c1ccccc1)c1cccc([Se]c2ccccc2)c1. The van der Waals surface area contributed by atoms with Crippen molar-refractivity contribution in [2.75, 3.05) is 0 Å². The molecule has 0 unspecified atom stereocenters. The maximum atomic E-state index is 12.5. The molecular formula is C19H14OSe. The number of hydrogen-bond acceptors (Lipinski definition) is 1. The topological polar surface area (TPSA) is 17.1 Å². The van der Waals surface area contributed by atoms with Crippen LogP contribution in [-0.4, -0.2) is 20.7 Å². The first kappa shape index (κ1) is 13.8. The minimum atomic E-state index is 0.0845. The molecule has 2 heteroatoms. The number of rotatable bonds is 4. The van der Waals surface area contributed by atoms with Crippen molar-refractivity contribution >= 4 is 29.7 Å². The van der Waals surface area contributed by atoms with Crippen LogP contribution in [0, 0.1) is 0 Å². The molecule has 1 nitrogen and oxygen atoms in total. The number of ketones is 1. The van der Waals surface area contributed by atoms with E-state index in [0.717, 1.165) is 11.1 Å². The fraction of sp³-hybridized carbons (Fsp3) is 0. The normalized spacial score (nSPS) is 10.3. The van der Waals surface area contributed by atoms with Crippen molar-refractivity contribution in [3.8, 4) is 0 Å². The molecule has 0 aliphatic carbocycles. The Labute approximate surface area is 130 Å². The molecule has 21 heavy (non-hydrogen) atoms. The van der Waals surface area contributed by atoms with E-state index in [2.05, 4.69) is 30.3 Å².